The molecule has 1 amide bonds. The van der Waals surface area contributed by atoms with Crippen molar-refractivity contribution >= 4 is 21.8 Å². The van der Waals surface area contributed by atoms with Crippen molar-refractivity contribution in [2.24, 2.45) is 5.92 Å². The second kappa shape index (κ2) is 5.98. The molecule has 74 valence electrons. The minimum absolute atomic E-state index is 0.0459. The molecule has 0 aliphatic carbocycles. The normalized spacial score (nSPS) is 14.4. The van der Waals surface area contributed by atoms with Crippen LogP contribution in [0.25, 0.3) is 0 Å². The third kappa shape index (κ3) is 4.28. The fraction of sp³-hybridized carbons (Fsp3) is 0.778. The molecule has 0 rings (SSSR count). The number of rotatable bonds is 4. The monoisotopic (exact) mass is 246 g/mol. The Balaban J connectivity index is 4.20. The molecule has 0 aliphatic rings. The van der Waals surface area contributed by atoms with Crippen molar-refractivity contribution in [2.75, 3.05) is 13.1 Å². The van der Waals surface area contributed by atoms with Crippen molar-refractivity contribution < 1.29 is 4.79 Å². The van der Waals surface area contributed by atoms with Crippen LogP contribution in [-0.2, 0) is 4.79 Å². The first-order valence-electron chi connectivity index (χ1n) is 4.35. The van der Waals surface area contributed by atoms with E-state index in [1.54, 1.807) is 11.8 Å². The fourth-order valence-electron chi connectivity index (χ4n) is 0.998. The number of hydrogen-bond donors (Lipinski definition) is 0. The summed E-state index contributed by atoms with van der Waals surface area (Å²) in [6.45, 7) is 6.69. The van der Waals surface area contributed by atoms with Crippen LogP contribution in [0.4, 0.5) is 0 Å². The van der Waals surface area contributed by atoms with E-state index in [9.17, 15) is 4.79 Å². The molecule has 0 N–H and O–H groups in total. The van der Waals surface area contributed by atoms with Crippen LogP contribution in [0.2, 0.25) is 0 Å². The van der Waals surface area contributed by atoms with Crippen LogP contribution in [0.3, 0.4) is 0 Å². The molecule has 0 aromatic carbocycles. The Labute approximate surface area is 87.8 Å². The van der Waals surface area contributed by atoms with Gasteiger partial charge in [0.05, 0.1) is 16.8 Å². The predicted molar refractivity (Wildman–Crippen MR) is 55.4 cm³/mol. The third-order valence-electron chi connectivity index (χ3n) is 1.75. The Morgan fingerprint density at radius 3 is 2.46 bits per heavy atom. The summed E-state index contributed by atoms with van der Waals surface area (Å²) in [6.07, 6.45) is 0. The number of nitrogens with zero attached hydrogens (tertiary/aromatic N) is 2. The highest BCUT2D eigenvalue weighted by Gasteiger charge is 2.18. The van der Waals surface area contributed by atoms with Gasteiger partial charge in [-0.05, 0) is 20.8 Å². The van der Waals surface area contributed by atoms with E-state index in [1.165, 1.54) is 0 Å². The number of carbonyl (C=O) groups excluding carboxylic acids is 1. The molecule has 0 aliphatic heterocycles. The quantitative estimate of drug-likeness (QED) is 0.711. The van der Waals surface area contributed by atoms with Gasteiger partial charge in [-0.25, -0.2) is 0 Å². The molecule has 0 aromatic heterocycles. The lowest BCUT2D eigenvalue weighted by molar-refractivity contribution is -0.130. The zero-order chi connectivity index (χ0) is 10.4. The van der Waals surface area contributed by atoms with E-state index < -0.39 is 0 Å². The molecule has 0 saturated heterocycles. The second-order valence-electron chi connectivity index (χ2n) is 3.02. The van der Waals surface area contributed by atoms with Gasteiger partial charge in [-0.2, -0.15) is 5.26 Å². The largest absolute Gasteiger partial charge is 0.341 e. The van der Waals surface area contributed by atoms with Gasteiger partial charge >= 0.3 is 0 Å². The van der Waals surface area contributed by atoms with E-state index in [0.717, 1.165) is 0 Å². The van der Waals surface area contributed by atoms with Gasteiger partial charge in [0.15, 0.2) is 0 Å². The van der Waals surface area contributed by atoms with Crippen LogP contribution in [0.5, 0.6) is 0 Å². The van der Waals surface area contributed by atoms with E-state index in [4.69, 9.17) is 5.26 Å². The highest BCUT2D eigenvalue weighted by molar-refractivity contribution is 9.10. The summed E-state index contributed by atoms with van der Waals surface area (Å²) in [4.78, 5) is 13.0. The summed E-state index contributed by atoms with van der Waals surface area (Å²) in [5.41, 5.74) is 0. The summed E-state index contributed by atoms with van der Waals surface area (Å²) in [5, 5.41) is 8.60. The summed E-state index contributed by atoms with van der Waals surface area (Å²) in [6, 6.07) is 2.11. The highest BCUT2D eigenvalue weighted by Crippen LogP contribution is 2.06. The Kier molecular flexibility index (Phi) is 5.72. The van der Waals surface area contributed by atoms with Crippen LogP contribution < -0.4 is 0 Å². The third-order valence-corrected chi connectivity index (χ3v) is 2.14. The lowest BCUT2D eigenvalue weighted by Gasteiger charge is -2.23. The van der Waals surface area contributed by atoms with Crippen molar-refractivity contribution in [3.8, 4) is 6.07 Å². The molecular formula is C9H15BrN2O. The average molecular weight is 247 g/mol. The van der Waals surface area contributed by atoms with Gasteiger partial charge < -0.3 is 4.90 Å². The Hall–Kier alpha value is -0.560. The molecule has 4 heteroatoms. The first-order chi connectivity index (χ1) is 6.02. The van der Waals surface area contributed by atoms with Crippen molar-refractivity contribution in [3.05, 3.63) is 0 Å². The van der Waals surface area contributed by atoms with Gasteiger partial charge in [0, 0.05) is 13.1 Å². The predicted octanol–water partition coefficient (Wildman–Crippen LogP) is 1.78. The van der Waals surface area contributed by atoms with E-state index in [1.807, 2.05) is 13.8 Å². The Morgan fingerprint density at radius 1 is 1.62 bits per heavy atom. The molecule has 0 fully saturated rings. The average Bonchev–Trinajstić information content (AvgIpc) is 2.12. The van der Waals surface area contributed by atoms with Crippen LogP contribution in [0, 0.1) is 17.2 Å². The topological polar surface area (TPSA) is 44.1 Å². The van der Waals surface area contributed by atoms with Gasteiger partial charge in [0.2, 0.25) is 5.91 Å². The van der Waals surface area contributed by atoms with E-state index >= 15 is 0 Å². The maximum Gasteiger partial charge on any atom is 0.236 e. The molecule has 0 radical (unpaired) electrons. The standard InChI is InChI=1S/C9H15BrN2O/c1-4-12(6-7(2)5-11)9(13)8(3)10/h7-8H,4,6H2,1-3H3. The first-order valence-corrected chi connectivity index (χ1v) is 5.27. The van der Waals surface area contributed by atoms with E-state index in [0.29, 0.717) is 13.1 Å². The minimum Gasteiger partial charge on any atom is -0.341 e. The van der Waals surface area contributed by atoms with Crippen LogP contribution in [-0.4, -0.2) is 28.7 Å². The lowest BCUT2D eigenvalue weighted by atomic mass is 10.2. The summed E-state index contributed by atoms with van der Waals surface area (Å²) < 4.78 is 0. The molecule has 0 spiro atoms. The SMILES string of the molecule is CCN(CC(C)C#N)C(=O)C(C)Br. The summed E-state index contributed by atoms with van der Waals surface area (Å²) in [5.74, 6) is -0.0558. The van der Waals surface area contributed by atoms with Gasteiger partial charge in [-0.1, -0.05) is 15.9 Å². The molecule has 0 saturated carbocycles. The summed E-state index contributed by atoms with van der Waals surface area (Å²) >= 11 is 3.22. The lowest BCUT2D eigenvalue weighted by Crippen LogP contribution is -2.38. The fourth-order valence-corrected chi connectivity index (χ4v) is 1.29. The van der Waals surface area contributed by atoms with Gasteiger partial charge in [0.25, 0.3) is 0 Å². The van der Waals surface area contributed by atoms with Crippen LogP contribution in [0.1, 0.15) is 20.8 Å². The number of carbonyl (C=O) groups is 1. The van der Waals surface area contributed by atoms with Crippen LogP contribution >= 0.6 is 15.9 Å². The van der Waals surface area contributed by atoms with Crippen LogP contribution in [0.15, 0.2) is 0 Å². The number of nitriles is 1. The summed E-state index contributed by atoms with van der Waals surface area (Å²) in [7, 11) is 0. The molecule has 0 bridgehead atoms. The molecule has 0 aromatic rings. The van der Waals surface area contributed by atoms with Crippen molar-refractivity contribution in [2.45, 2.75) is 25.6 Å². The van der Waals surface area contributed by atoms with Crippen molar-refractivity contribution in [1.82, 2.24) is 4.90 Å². The maximum atomic E-state index is 11.5. The maximum absolute atomic E-state index is 11.5. The first kappa shape index (κ1) is 12.4. The molecular weight excluding hydrogens is 232 g/mol. The minimum atomic E-state index is -0.168. The van der Waals surface area contributed by atoms with Gasteiger partial charge in [0.1, 0.15) is 0 Å². The van der Waals surface area contributed by atoms with Crippen molar-refractivity contribution in [1.29, 1.82) is 5.26 Å². The van der Waals surface area contributed by atoms with Gasteiger partial charge in [-0.15, -0.1) is 0 Å². The Bertz CT molecular complexity index is 210. The smallest absolute Gasteiger partial charge is 0.236 e. The van der Waals surface area contributed by atoms with E-state index in [-0.39, 0.29) is 16.7 Å². The molecule has 3 nitrogen and oxygen atoms in total. The molecule has 13 heavy (non-hydrogen) atoms. The number of alkyl halides is 1. The van der Waals surface area contributed by atoms with Gasteiger partial charge in [-0.3, -0.25) is 4.79 Å². The second-order valence-corrected chi connectivity index (χ2v) is 4.40. The molecule has 0 heterocycles. The van der Waals surface area contributed by atoms with Crippen molar-refractivity contribution in [3.63, 3.8) is 0 Å². The number of hydrogen-bond acceptors (Lipinski definition) is 2. The van der Waals surface area contributed by atoms with E-state index in [2.05, 4.69) is 22.0 Å². The molecule has 2 unspecified atom stereocenters. The molecule has 2 atom stereocenters. The number of halogens is 1. The zero-order valence-electron chi connectivity index (χ0n) is 8.25. The number of amides is 1. The highest BCUT2D eigenvalue weighted by atomic mass is 79.9. The zero-order valence-corrected chi connectivity index (χ0v) is 9.84. The Morgan fingerprint density at radius 2 is 2.15 bits per heavy atom.